The number of rotatable bonds is 6. The van der Waals surface area contributed by atoms with Gasteiger partial charge in [0.15, 0.2) is 11.8 Å². The largest absolute Gasteiger partial charge is 0.463 e. The first-order chi connectivity index (χ1) is 14.8. The van der Waals surface area contributed by atoms with Gasteiger partial charge in [-0.1, -0.05) is 30.3 Å². The second-order valence-corrected chi connectivity index (χ2v) is 8.27. The van der Waals surface area contributed by atoms with Crippen LogP contribution in [0.5, 0.6) is 0 Å². The summed E-state index contributed by atoms with van der Waals surface area (Å²) in [4.78, 5) is 13.8. The number of piperidine rings is 1. The normalized spacial score (nSPS) is 16.3. The van der Waals surface area contributed by atoms with E-state index in [1.807, 2.05) is 30.3 Å². The number of benzene rings is 2. The summed E-state index contributed by atoms with van der Waals surface area (Å²) in [5, 5.41) is 5.65. The molecule has 1 atom stereocenters. The van der Waals surface area contributed by atoms with Gasteiger partial charge < -0.3 is 19.1 Å². The van der Waals surface area contributed by atoms with Gasteiger partial charge in [0.05, 0.1) is 19.4 Å². The quantitative estimate of drug-likeness (QED) is 0.383. The maximum atomic E-state index is 12.2. The van der Waals surface area contributed by atoms with E-state index in [1.54, 1.807) is 17.2 Å². The first-order valence-corrected chi connectivity index (χ1v) is 10.9. The maximum Gasteiger partial charge on any atom is 0.336 e. The van der Waals surface area contributed by atoms with Crippen molar-refractivity contribution in [3.63, 3.8) is 0 Å². The number of hydrogen-bond donors (Lipinski definition) is 2. The van der Waals surface area contributed by atoms with E-state index in [0.29, 0.717) is 11.6 Å². The minimum atomic E-state index is -0.287. The summed E-state index contributed by atoms with van der Waals surface area (Å²) >= 11 is 0. The van der Waals surface area contributed by atoms with Crippen molar-refractivity contribution >= 4 is 21.7 Å². The third kappa shape index (κ3) is 3.78. The number of furan rings is 1. The molecule has 1 aliphatic heterocycles. The van der Waals surface area contributed by atoms with Gasteiger partial charge in [0.25, 0.3) is 0 Å². The molecule has 0 bridgehead atoms. The summed E-state index contributed by atoms with van der Waals surface area (Å²) in [7, 11) is 0. The molecule has 0 unspecified atom stereocenters. The highest BCUT2D eigenvalue weighted by molar-refractivity contribution is 6.06. The van der Waals surface area contributed by atoms with Crippen molar-refractivity contribution in [1.29, 1.82) is 0 Å². The lowest BCUT2D eigenvalue weighted by molar-refractivity contribution is -0.951. The fraction of sp³-hybridized carbons (Fsp3) is 0.320. The molecule has 4 aromatic rings. The lowest BCUT2D eigenvalue weighted by atomic mass is 10.0. The van der Waals surface area contributed by atoms with Crippen LogP contribution in [0, 0.1) is 0 Å². The molecular weight excluding hydrogens is 376 g/mol. The fourth-order valence-electron chi connectivity index (χ4n) is 4.91. The minimum absolute atomic E-state index is 0.287. The van der Waals surface area contributed by atoms with Gasteiger partial charge in [-0.2, -0.15) is 0 Å². The van der Waals surface area contributed by atoms with Crippen molar-refractivity contribution in [1.82, 2.24) is 0 Å². The van der Waals surface area contributed by atoms with Crippen molar-refractivity contribution in [3.8, 4) is 0 Å². The lowest BCUT2D eigenvalue weighted by Crippen LogP contribution is -3.15. The Balaban J connectivity index is 1.42. The molecule has 3 N–H and O–H groups in total. The summed E-state index contributed by atoms with van der Waals surface area (Å²) in [6, 6.07) is 18.3. The average molecular weight is 405 g/mol. The molecule has 0 spiro atoms. The summed E-state index contributed by atoms with van der Waals surface area (Å²) in [6.45, 7) is 4.05. The summed E-state index contributed by atoms with van der Waals surface area (Å²) in [5.41, 5.74) is 1.41. The van der Waals surface area contributed by atoms with Crippen LogP contribution in [0.3, 0.4) is 0 Å². The number of quaternary nitrogens is 2. The van der Waals surface area contributed by atoms with Crippen LogP contribution in [0.15, 0.2) is 74.5 Å². The molecule has 2 aromatic heterocycles. The Morgan fingerprint density at radius 1 is 1.00 bits per heavy atom. The smallest absolute Gasteiger partial charge is 0.336 e. The van der Waals surface area contributed by atoms with Crippen LogP contribution in [-0.4, -0.2) is 19.6 Å². The summed E-state index contributed by atoms with van der Waals surface area (Å²) < 4.78 is 11.3. The van der Waals surface area contributed by atoms with Gasteiger partial charge in [0.1, 0.15) is 18.7 Å². The van der Waals surface area contributed by atoms with Crippen molar-refractivity contribution in [3.05, 3.63) is 82.6 Å². The first kappa shape index (κ1) is 19.1. The number of hydrogen-bond acceptors (Lipinski definition) is 3. The molecule has 5 heteroatoms. The van der Waals surface area contributed by atoms with E-state index in [0.717, 1.165) is 40.6 Å². The highest BCUT2D eigenvalue weighted by Crippen LogP contribution is 2.26. The van der Waals surface area contributed by atoms with Gasteiger partial charge in [-0.25, -0.2) is 4.79 Å². The standard InChI is InChI=1S/C25H26N2O3/c28-24-15-19(25-20-8-3-2-7-18(20)10-11-23(25)30-24)16-26-17-21(22-9-6-14-29-22)27-12-4-1-5-13-27/h2-3,6-11,14-15,21,26H,1,4-5,12-13,16-17H2/p+2/t21-/m1/s1. The topological polar surface area (TPSA) is 64.4 Å². The predicted octanol–water partition coefficient (Wildman–Crippen LogP) is 2.41. The summed E-state index contributed by atoms with van der Waals surface area (Å²) in [6.07, 6.45) is 5.66. The molecular formula is C25H28N2O3+2. The van der Waals surface area contributed by atoms with Crippen LogP contribution in [-0.2, 0) is 6.54 Å². The molecule has 30 heavy (non-hydrogen) atoms. The van der Waals surface area contributed by atoms with Gasteiger partial charge in [-0.3, -0.25) is 0 Å². The predicted molar refractivity (Wildman–Crippen MR) is 116 cm³/mol. The van der Waals surface area contributed by atoms with Gasteiger partial charge >= 0.3 is 5.63 Å². The Morgan fingerprint density at radius 2 is 1.87 bits per heavy atom. The molecule has 1 aliphatic rings. The molecule has 0 amide bonds. The number of nitrogens with one attached hydrogen (secondary N) is 1. The second kappa shape index (κ2) is 8.46. The summed E-state index contributed by atoms with van der Waals surface area (Å²) in [5.74, 6) is 1.06. The number of nitrogens with two attached hydrogens (primary N) is 1. The molecule has 2 aromatic carbocycles. The van der Waals surface area contributed by atoms with E-state index in [9.17, 15) is 4.79 Å². The van der Waals surface area contributed by atoms with Crippen molar-refractivity contribution in [2.24, 2.45) is 0 Å². The van der Waals surface area contributed by atoms with E-state index in [4.69, 9.17) is 8.83 Å². The van der Waals surface area contributed by atoms with Gasteiger partial charge in [0, 0.05) is 17.0 Å². The SMILES string of the molecule is O=c1cc(C[NH2+]C[C@H](c2ccco2)[NH+]2CCCCC2)c2c(ccc3ccccc32)o1. The molecule has 3 heterocycles. The van der Waals surface area contributed by atoms with Crippen LogP contribution < -0.4 is 15.8 Å². The van der Waals surface area contributed by atoms with E-state index < -0.39 is 0 Å². The van der Waals surface area contributed by atoms with E-state index in [1.165, 1.54) is 32.4 Å². The first-order valence-electron chi connectivity index (χ1n) is 10.9. The third-order valence-electron chi connectivity index (χ3n) is 6.36. The molecule has 154 valence electrons. The van der Waals surface area contributed by atoms with Gasteiger partial charge in [-0.05, 0) is 48.2 Å². The van der Waals surface area contributed by atoms with Crippen LogP contribution in [0.1, 0.15) is 36.6 Å². The Morgan fingerprint density at radius 3 is 2.70 bits per heavy atom. The molecule has 1 fully saturated rings. The average Bonchev–Trinajstić information content (AvgIpc) is 3.31. The zero-order valence-electron chi connectivity index (χ0n) is 17.1. The third-order valence-corrected chi connectivity index (χ3v) is 6.36. The number of fused-ring (bicyclic) bond motifs is 3. The molecule has 0 radical (unpaired) electrons. The second-order valence-electron chi connectivity index (χ2n) is 8.27. The Labute approximate surface area is 175 Å². The zero-order chi connectivity index (χ0) is 20.3. The van der Waals surface area contributed by atoms with E-state index in [2.05, 4.69) is 23.5 Å². The molecule has 5 nitrogen and oxygen atoms in total. The minimum Gasteiger partial charge on any atom is -0.463 e. The van der Waals surface area contributed by atoms with Crippen molar-refractivity contribution in [2.75, 3.05) is 19.6 Å². The highest BCUT2D eigenvalue weighted by Gasteiger charge is 2.29. The lowest BCUT2D eigenvalue weighted by Gasteiger charge is -2.29. The molecule has 1 saturated heterocycles. The van der Waals surface area contributed by atoms with Crippen LogP contribution >= 0.6 is 0 Å². The van der Waals surface area contributed by atoms with Crippen LogP contribution in [0.2, 0.25) is 0 Å². The fourth-order valence-corrected chi connectivity index (χ4v) is 4.91. The van der Waals surface area contributed by atoms with E-state index >= 15 is 0 Å². The van der Waals surface area contributed by atoms with Crippen LogP contribution in [0.4, 0.5) is 0 Å². The van der Waals surface area contributed by atoms with Crippen molar-refractivity contribution in [2.45, 2.75) is 31.8 Å². The maximum absolute atomic E-state index is 12.2. The van der Waals surface area contributed by atoms with Crippen LogP contribution in [0.25, 0.3) is 21.7 Å². The monoisotopic (exact) mass is 404 g/mol. The molecule has 0 saturated carbocycles. The van der Waals surface area contributed by atoms with Crippen molar-refractivity contribution < 1.29 is 19.1 Å². The van der Waals surface area contributed by atoms with Gasteiger partial charge in [-0.15, -0.1) is 0 Å². The Hall–Kier alpha value is -2.89. The highest BCUT2D eigenvalue weighted by atomic mass is 16.4. The van der Waals surface area contributed by atoms with E-state index in [-0.39, 0.29) is 5.63 Å². The zero-order valence-corrected chi connectivity index (χ0v) is 17.1. The Bertz CT molecular complexity index is 1190. The number of likely N-dealkylation sites (tertiary alicyclic amines) is 1. The molecule has 0 aliphatic carbocycles. The van der Waals surface area contributed by atoms with Gasteiger partial charge in [0.2, 0.25) is 0 Å². The molecule has 5 rings (SSSR count). The Kier molecular flexibility index (Phi) is 5.39.